The van der Waals surface area contributed by atoms with Crippen LogP contribution in [-0.2, 0) is 0 Å². The summed E-state index contributed by atoms with van der Waals surface area (Å²) >= 11 is 15.0. The van der Waals surface area contributed by atoms with Gasteiger partial charge in [0.1, 0.15) is 5.75 Å². The van der Waals surface area contributed by atoms with Gasteiger partial charge in [-0.2, -0.15) is 0 Å². The minimum atomic E-state index is -0.263. The molecular formula is C15H14BrCl2NO4. The standard InChI is InChI=1S/C15H14BrCl2NO4/c16-13-4-3-12(23-13)15(21)19-5-1-2-6-22-14-10(17)7-9(20)8-11(14)18/h3-4,7-8,20H,1-2,5-6H2,(H,19,21). The van der Waals surface area contributed by atoms with E-state index in [1.807, 2.05) is 0 Å². The van der Waals surface area contributed by atoms with Gasteiger partial charge in [-0.15, -0.1) is 0 Å². The molecule has 5 nitrogen and oxygen atoms in total. The maximum atomic E-state index is 11.7. The van der Waals surface area contributed by atoms with E-state index in [1.54, 1.807) is 12.1 Å². The van der Waals surface area contributed by atoms with Crippen molar-refractivity contribution >= 4 is 45.0 Å². The topological polar surface area (TPSA) is 71.7 Å². The molecule has 1 amide bonds. The van der Waals surface area contributed by atoms with Crippen molar-refractivity contribution < 1.29 is 19.1 Å². The highest BCUT2D eigenvalue weighted by Gasteiger charge is 2.10. The molecule has 2 rings (SSSR count). The summed E-state index contributed by atoms with van der Waals surface area (Å²) in [5.74, 6) is 0.326. The fourth-order valence-corrected chi connectivity index (χ4v) is 2.70. The van der Waals surface area contributed by atoms with Crippen LogP contribution in [0, 0.1) is 0 Å². The van der Waals surface area contributed by atoms with Gasteiger partial charge in [0, 0.05) is 18.7 Å². The predicted molar refractivity (Wildman–Crippen MR) is 91.6 cm³/mol. The smallest absolute Gasteiger partial charge is 0.287 e. The lowest BCUT2D eigenvalue weighted by molar-refractivity contribution is 0.0923. The highest BCUT2D eigenvalue weighted by atomic mass is 79.9. The van der Waals surface area contributed by atoms with Gasteiger partial charge in [0.2, 0.25) is 0 Å². The summed E-state index contributed by atoms with van der Waals surface area (Å²) in [6.45, 7) is 0.893. The molecule has 2 N–H and O–H groups in total. The van der Waals surface area contributed by atoms with E-state index in [2.05, 4.69) is 21.2 Å². The van der Waals surface area contributed by atoms with E-state index in [-0.39, 0.29) is 27.5 Å². The van der Waals surface area contributed by atoms with Crippen LogP contribution in [0.2, 0.25) is 10.0 Å². The van der Waals surface area contributed by atoms with E-state index in [4.69, 9.17) is 32.4 Å². The number of rotatable bonds is 7. The number of carbonyl (C=O) groups is 1. The molecule has 0 bridgehead atoms. The summed E-state index contributed by atoms with van der Waals surface area (Å²) in [6, 6.07) is 5.99. The summed E-state index contributed by atoms with van der Waals surface area (Å²) in [6.07, 6.45) is 1.43. The molecule has 0 saturated carbocycles. The number of aromatic hydroxyl groups is 1. The third kappa shape index (κ3) is 5.34. The second-order valence-electron chi connectivity index (χ2n) is 4.65. The zero-order valence-electron chi connectivity index (χ0n) is 11.9. The highest BCUT2D eigenvalue weighted by Crippen LogP contribution is 2.36. The number of halogens is 3. The first-order valence-electron chi connectivity index (χ1n) is 6.81. The molecule has 0 aliphatic carbocycles. The summed E-state index contributed by atoms with van der Waals surface area (Å²) < 4.78 is 11.2. The zero-order valence-corrected chi connectivity index (χ0v) is 15.0. The minimum Gasteiger partial charge on any atom is -0.508 e. The first-order valence-corrected chi connectivity index (χ1v) is 8.36. The van der Waals surface area contributed by atoms with Gasteiger partial charge >= 0.3 is 0 Å². The number of nitrogens with one attached hydrogen (secondary N) is 1. The van der Waals surface area contributed by atoms with E-state index in [1.165, 1.54) is 12.1 Å². The molecule has 0 fully saturated rings. The third-order valence-electron chi connectivity index (χ3n) is 2.88. The Labute approximate surface area is 151 Å². The Kier molecular flexibility index (Phi) is 6.62. The van der Waals surface area contributed by atoms with Crippen LogP contribution in [0.25, 0.3) is 0 Å². The lowest BCUT2D eigenvalue weighted by atomic mass is 10.3. The molecule has 2 aromatic rings. The Hall–Kier alpha value is -1.37. The molecule has 0 radical (unpaired) electrons. The summed E-state index contributed by atoms with van der Waals surface area (Å²) in [7, 11) is 0. The number of amides is 1. The number of phenolic OH excluding ortho intramolecular Hbond substituents is 1. The normalized spacial score (nSPS) is 10.6. The molecule has 0 saturated heterocycles. The van der Waals surface area contributed by atoms with E-state index in [0.717, 1.165) is 6.42 Å². The number of hydrogen-bond acceptors (Lipinski definition) is 4. The molecule has 8 heteroatoms. The maximum Gasteiger partial charge on any atom is 0.287 e. The predicted octanol–water partition coefficient (Wildman–Crippen LogP) is 4.64. The van der Waals surface area contributed by atoms with Crippen LogP contribution in [0.3, 0.4) is 0 Å². The zero-order chi connectivity index (χ0) is 16.8. The summed E-state index contributed by atoms with van der Waals surface area (Å²) in [5.41, 5.74) is 0. The number of carbonyl (C=O) groups excluding carboxylic acids is 1. The van der Waals surface area contributed by atoms with Crippen LogP contribution in [-0.4, -0.2) is 24.2 Å². The second kappa shape index (κ2) is 8.47. The quantitative estimate of drug-likeness (QED) is 0.637. The molecule has 1 aromatic carbocycles. The van der Waals surface area contributed by atoms with E-state index >= 15 is 0 Å². The van der Waals surface area contributed by atoms with Gasteiger partial charge in [-0.25, -0.2) is 0 Å². The fourth-order valence-electron chi connectivity index (χ4n) is 1.81. The number of phenols is 1. The lowest BCUT2D eigenvalue weighted by Gasteiger charge is -2.10. The highest BCUT2D eigenvalue weighted by molar-refractivity contribution is 9.10. The number of benzene rings is 1. The Morgan fingerprint density at radius 3 is 2.57 bits per heavy atom. The Morgan fingerprint density at radius 1 is 1.26 bits per heavy atom. The molecule has 1 heterocycles. The van der Waals surface area contributed by atoms with Crippen molar-refractivity contribution in [2.75, 3.05) is 13.2 Å². The molecule has 23 heavy (non-hydrogen) atoms. The molecule has 0 aliphatic heterocycles. The first-order chi connectivity index (χ1) is 11.0. The largest absolute Gasteiger partial charge is 0.508 e. The van der Waals surface area contributed by atoms with Crippen LogP contribution in [0.4, 0.5) is 0 Å². The Balaban J connectivity index is 1.67. The number of unbranched alkanes of at least 4 members (excludes halogenated alkanes) is 1. The SMILES string of the molecule is O=C(NCCCCOc1c(Cl)cc(O)cc1Cl)c1ccc(Br)o1. The fraction of sp³-hybridized carbons (Fsp3) is 0.267. The maximum absolute atomic E-state index is 11.7. The average molecular weight is 423 g/mol. The van der Waals surface area contributed by atoms with Gasteiger partial charge < -0.3 is 19.6 Å². The Morgan fingerprint density at radius 2 is 1.96 bits per heavy atom. The van der Waals surface area contributed by atoms with Gasteiger partial charge in [-0.3, -0.25) is 4.79 Å². The van der Waals surface area contributed by atoms with Crippen LogP contribution in [0.5, 0.6) is 11.5 Å². The van der Waals surface area contributed by atoms with Crippen molar-refractivity contribution in [2.24, 2.45) is 0 Å². The molecule has 1 aromatic heterocycles. The van der Waals surface area contributed by atoms with Crippen LogP contribution in [0.15, 0.2) is 33.4 Å². The van der Waals surface area contributed by atoms with E-state index in [0.29, 0.717) is 30.0 Å². The van der Waals surface area contributed by atoms with Gasteiger partial charge in [0.25, 0.3) is 5.91 Å². The van der Waals surface area contributed by atoms with E-state index in [9.17, 15) is 9.90 Å². The number of furan rings is 1. The summed E-state index contributed by atoms with van der Waals surface area (Å²) in [4.78, 5) is 11.7. The molecule has 0 spiro atoms. The lowest BCUT2D eigenvalue weighted by Crippen LogP contribution is -2.24. The first kappa shape index (κ1) is 18.0. The molecule has 0 unspecified atom stereocenters. The van der Waals surface area contributed by atoms with Crippen LogP contribution in [0.1, 0.15) is 23.4 Å². The van der Waals surface area contributed by atoms with Crippen molar-refractivity contribution in [1.29, 1.82) is 0 Å². The van der Waals surface area contributed by atoms with Gasteiger partial charge in [-0.1, -0.05) is 23.2 Å². The van der Waals surface area contributed by atoms with E-state index < -0.39 is 0 Å². The molecular weight excluding hydrogens is 409 g/mol. The minimum absolute atomic E-state index is 0.0142. The van der Waals surface area contributed by atoms with Crippen molar-refractivity contribution in [2.45, 2.75) is 12.8 Å². The van der Waals surface area contributed by atoms with Gasteiger partial charge in [0.15, 0.2) is 16.2 Å². The summed E-state index contributed by atoms with van der Waals surface area (Å²) in [5, 5.41) is 12.6. The second-order valence-corrected chi connectivity index (χ2v) is 6.25. The average Bonchev–Trinajstić information content (AvgIpc) is 2.91. The number of ether oxygens (including phenoxy) is 1. The third-order valence-corrected chi connectivity index (χ3v) is 3.87. The van der Waals surface area contributed by atoms with Crippen molar-refractivity contribution in [1.82, 2.24) is 5.32 Å². The van der Waals surface area contributed by atoms with Crippen molar-refractivity contribution in [3.05, 3.63) is 44.7 Å². The van der Waals surface area contributed by atoms with Crippen molar-refractivity contribution in [3.63, 3.8) is 0 Å². The van der Waals surface area contributed by atoms with Gasteiger partial charge in [0.05, 0.1) is 16.7 Å². The Bertz CT molecular complexity index is 667. The van der Waals surface area contributed by atoms with Gasteiger partial charge in [-0.05, 0) is 40.9 Å². The van der Waals surface area contributed by atoms with Crippen LogP contribution >= 0.6 is 39.1 Å². The number of hydrogen-bond donors (Lipinski definition) is 2. The molecule has 124 valence electrons. The molecule has 0 atom stereocenters. The van der Waals surface area contributed by atoms with Crippen molar-refractivity contribution in [3.8, 4) is 11.5 Å². The molecule has 0 aliphatic rings. The van der Waals surface area contributed by atoms with Crippen LogP contribution < -0.4 is 10.1 Å². The monoisotopic (exact) mass is 421 g/mol.